The third-order valence-electron chi connectivity index (χ3n) is 2.87. The van der Waals surface area contributed by atoms with Crippen LogP contribution in [0.15, 0.2) is 34.9 Å². The molecule has 3 nitrogen and oxygen atoms in total. The van der Waals surface area contributed by atoms with Crippen molar-refractivity contribution < 1.29 is 17.6 Å². The topological polar surface area (TPSA) is 38.1 Å². The van der Waals surface area contributed by atoms with E-state index in [2.05, 4.69) is 10.3 Å². The van der Waals surface area contributed by atoms with E-state index in [9.17, 15) is 13.2 Å². The van der Waals surface area contributed by atoms with E-state index in [0.29, 0.717) is 12.2 Å². The number of oxazole rings is 1. The maximum absolute atomic E-state index is 12.9. The lowest BCUT2D eigenvalue weighted by Crippen LogP contribution is -2.08. The highest BCUT2D eigenvalue weighted by Crippen LogP contribution is 2.36. The molecule has 0 spiro atoms. The lowest BCUT2D eigenvalue weighted by molar-refractivity contribution is -0.137. The van der Waals surface area contributed by atoms with Crippen LogP contribution in [0.5, 0.6) is 0 Å². The summed E-state index contributed by atoms with van der Waals surface area (Å²) in [5.74, 6) is 0.601. The van der Waals surface area contributed by atoms with Gasteiger partial charge in [-0.3, -0.25) is 0 Å². The Bertz CT molecular complexity index is 564. The molecule has 1 N–H and O–H groups in total. The second kappa shape index (κ2) is 6.09. The van der Waals surface area contributed by atoms with Gasteiger partial charge in [-0.05, 0) is 32.1 Å². The molecule has 0 unspecified atom stereocenters. The number of halogens is 3. The molecular formula is C14H15F3N2O. The monoisotopic (exact) mass is 284 g/mol. The molecule has 0 saturated heterocycles. The quantitative estimate of drug-likeness (QED) is 0.854. The lowest BCUT2D eigenvalue weighted by atomic mass is 10.1. The second-order valence-corrected chi connectivity index (χ2v) is 4.38. The molecule has 0 aliphatic rings. The number of hydrogen-bond donors (Lipinski definition) is 1. The van der Waals surface area contributed by atoms with Crippen LogP contribution in [0.4, 0.5) is 13.2 Å². The molecule has 0 aliphatic carbocycles. The Hall–Kier alpha value is -1.82. The molecule has 1 heterocycles. The Morgan fingerprint density at radius 3 is 2.70 bits per heavy atom. The molecule has 1 aromatic heterocycles. The largest absolute Gasteiger partial charge is 0.441 e. The number of nitrogens with zero attached hydrogens (tertiary/aromatic N) is 1. The van der Waals surface area contributed by atoms with Crippen LogP contribution < -0.4 is 5.32 Å². The molecule has 108 valence electrons. The number of benzene rings is 1. The fourth-order valence-corrected chi connectivity index (χ4v) is 1.90. The van der Waals surface area contributed by atoms with Crippen molar-refractivity contribution in [2.75, 3.05) is 13.6 Å². The van der Waals surface area contributed by atoms with E-state index in [0.717, 1.165) is 19.0 Å². The summed E-state index contributed by atoms with van der Waals surface area (Å²) >= 11 is 0. The fourth-order valence-electron chi connectivity index (χ4n) is 1.90. The number of hydrogen-bond acceptors (Lipinski definition) is 3. The SMILES string of the molecule is CNCCCc1cnc(-c2ccccc2C(F)(F)F)o1. The van der Waals surface area contributed by atoms with Gasteiger partial charge in [0.05, 0.1) is 11.8 Å². The zero-order valence-corrected chi connectivity index (χ0v) is 11.0. The summed E-state index contributed by atoms with van der Waals surface area (Å²) < 4.78 is 44.1. The van der Waals surface area contributed by atoms with Gasteiger partial charge in [0.15, 0.2) is 0 Å². The second-order valence-electron chi connectivity index (χ2n) is 4.38. The maximum atomic E-state index is 12.9. The van der Waals surface area contributed by atoms with Crippen LogP contribution in [0.3, 0.4) is 0 Å². The van der Waals surface area contributed by atoms with Gasteiger partial charge in [-0.25, -0.2) is 4.98 Å². The number of alkyl halides is 3. The van der Waals surface area contributed by atoms with E-state index in [1.165, 1.54) is 24.4 Å². The molecule has 0 radical (unpaired) electrons. The predicted molar refractivity (Wildman–Crippen MR) is 69.2 cm³/mol. The zero-order valence-electron chi connectivity index (χ0n) is 11.0. The highest BCUT2D eigenvalue weighted by molar-refractivity contribution is 5.59. The third-order valence-corrected chi connectivity index (χ3v) is 2.87. The van der Waals surface area contributed by atoms with Crippen molar-refractivity contribution in [3.05, 3.63) is 41.8 Å². The first kappa shape index (κ1) is 14.6. The minimum atomic E-state index is -4.42. The molecule has 0 fully saturated rings. The molecule has 0 saturated carbocycles. The minimum absolute atomic E-state index is 0.0115. The molecule has 0 aliphatic heterocycles. The first-order valence-electron chi connectivity index (χ1n) is 6.28. The highest BCUT2D eigenvalue weighted by atomic mass is 19.4. The summed E-state index contributed by atoms with van der Waals surface area (Å²) in [7, 11) is 1.84. The first-order valence-corrected chi connectivity index (χ1v) is 6.28. The van der Waals surface area contributed by atoms with Crippen molar-refractivity contribution in [1.29, 1.82) is 0 Å². The van der Waals surface area contributed by atoms with E-state index < -0.39 is 11.7 Å². The Morgan fingerprint density at radius 1 is 1.25 bits per heavy atom. The van der Waals surface area contributed by atoms with Crippen LogP contribution in [0.25, 0.3) is 11.5 Å². The Morgan fingerprint density at radius 2 is 2.00 bits per heavy atom. The van der Waals surface area contributed by atoms with Gasteiger partial charge < -0.3 is 9.73 Å². The van der Waals surface area contributed by atoms with Crippen LogP contribution in [-0.4, -0.2) is 18.6 Å². The van der Waals surface area contributed by atoms with Crippen molar-refractivity contribution in [2.45, 2.75) is 19.0 Å². The number of aromatic nitrogens is 1. The average molecular weight is 284 g/mol. The zero-order chi connectivity index (χ0) is 14.6. The van der Waals surface area contributed by atoms with Crippen LogP contribution >= 0.6 is 0 Å². The van der Waals surface area contributed by atoms with Gasteiger partial charge in [-0.1, -0.05) is 12.1 Å². The standard InChI is InChI=1S/C14H15F3N2O/c1-18-8-4-5-10-9-19-13(20-10)11-6-2-3-7-12(11)14(15,16)17/h2-3,6-7,9,18H,4-5,8H2,1H3. The average Bonchev–Trinajstić information content (AvgIpc) is 2.87. The number of aryl methyl sites for hydroxylation is 1. The molecule has 1 aromatic carbocycles. The fraction of sp³-hybridized carbons (Fsp3) is 0.357. The van der Waals surface area contributed by atoms with E-state index >= 15 is 0 Å². The van der Waals surface area contributed by atoms with Crippen LogP contribution in [0.2, 0.25) is 0 Å². The summed E-state index contributed by atoms with van der Waals surface area (Å²) in [6, 6.07) is 5.28. The molecule has 2 aromatic rings. The van der Waals surface area contributed by atoms with Gasteiger partial charge in [-0.2, -0.15) is 13.2 Å². The summed E-state index contributed by atoms with van der Waals surface area (Å²) in [6.45, 7) is 0.815. The number of rotatable bonds is 5. The molecule has 0 bridgehead atoms. The van der Waals surface area contributed by atoms with Gasteiger partial charge >= 0.3 is 6.18 Å². The predicted octanol–water partition coefficient (Wildman–Crippen LogP) is 3.51. The smallest absolute Gasteiger partial charge is 0.417 e. The van der Waals surface area contributed by atoms with Crippen molar-refractivity contribution in [1.82, 2.24) is 10.3 Å². The van der Waals surface area contributed by atoms with Crippen LogP contribution in [0, 0.1) is 0 Å². The van der Waals surface area contributed by atoms with Crippen molar-refractivity contribution in [2.24, 2.45) is 0 Å². The molecule has 0 atom stereocenters. The van der Waals surface area contributed by atoms with Crippen molar-refractivity contribution >= 4 is 0 Å². The Labute approximate surface area is 114 Å². The number of nitrogens with one attached hydrogen (secondary N) is 1. The summed E-state index contributed by atoms with van der Waals surface area (Å²) in [6.07, 6.45) is -1.45. The van der Waals surface area contributed by atoms with Gasteiger partial charge in [-0.15, -0.1) is 0 Å². The van der Waals surface area contributed by atoms with E-state index in [1.807, 2.05) is 7.05 Å². The molecule has 6 heteroatoms. The Balaban J connectivity index is 2.24. The van der Waals surface area contributed by atoms with E-state index in [-0.39, 0.29) is 11.5 Å². The Kier molecular flexibility index (Phi) is 4.44. The molecule has 20 heavy (non-hydrogen) atoms. The minimum Gasteiger partial charge on any atom is -0.441 e. The highest BCUT2D eigenvalue weighted by Gasteiger charge is 2.34. The summed E-state index contributed by atoms with van der Waals surface area (Å²) in [5, 5.41) is 2.99. The summed E-state index contributed by atoms with van der Waals surface area (Å²) in [5.41, 5.74) is -0.761. The van der Waals surface area contributed by atoms with Gasteiger partial charge in [0.25, 0.3) is 0 Å². The van der Waals surface area contributed by atoms with Gasteiger partial charge in [0, 0.05) is 12.0 Å². The van der Waals surface area contributed by atoms with E-state index in [4.69, 9.17) is 4.42 Å². The normalized spacial score (nSPS) is 11.8. The van der Waals surface area contributed by atoms with Gasteiger partial charge in [0.1, 0.15) is 5.76 Å². The van der Waals surface area contributed by atoms with Gasteiger partial charge in [0.2, 0.25) is 5.89 Å². The lowest BCUT2D eigenvalue weighted by Gasteiger charge is -2.09. The van der Waals surface area contributed by atoms with Crippen LogP contribution in [0.1, 0.15) is 17.7 Å². The maximum Gasteiger partial charge on any atom is 0.417 e. The van der Waals surface area contributed by atoms with Crippen LogP contribution in [-0.2, 0) is 12.6 Å². The first-order chi connectivity index (χ1) is 9.52. The third kappa shape index (κ3) is 3.39. The molecule has 0 amide bonds. The van der Waals surface area contributed by atoms with Crippen molar-refractivity contribution in [3.8, 4) is 11.5 Å². The van der Waals surface area contributed by atoms with E-state index in [1.54, 1.807) is 0 Å². The summed E-state index contributed by atoms with van der Waals surface area (Å²) in [4.78, 5) is 3.95. The molecule has 2 rings (SSSR count). The molecular weight excluding hydrogens is 269 g/mol. The van der Waals surface area contributed by atoms with Crippen molar-refractivity contribution in [3.63, 3.8) is 0 Å².